The van der Waals surface area contributed by atoms with Crippen LogP contribution in [0.1, 0.15) is 32.6 Å². The Kier molecular flexibility index (Phi) is 4.82. The third kappa shape index (κ3) is 3.02. The first kappa shape index (κ1) is 15.8. The van der Waals surface area contributed by atoms with Crippen LogP contribution >= 0.6 is 0 Å². The van der Waals surface area contributed by atoms with Crippen LogP contribution in [0.15, 0.2) is 0 Å². The summed E-state index contributed by atoms with van der Waals surface area (Å²) >= 11 is 0. The van der Waals surface area contributed by atoms with Crippen molar-refractivity contribution in [3.63, 3.8) is 0 Å². The van der Waals surface area contributed by atoms with Gasteiger partial charge in [-0.3, -0.25) is 14.4 Å². The third-order valence-corrected chi connectivity index (χ3v) is 4.49. The number of likely N-dealkylation sites (N-methyl/N-ethyl adjacent to an activating group) is 1. The van der Waals surface area contributed by atoms with Crippen molar-refractivity contribution in [2.75, 3.05) is 13.7 Å². The van der Waals surface area contributed by atoms with Gasteiger partial charge in [0.2, 0.25) is 17.7 Å². The molecule has 0 aromatic heterocycles. The summed E-state index contributed by atoms with van der Waals surface area (Å²) in [6.07, 6.45) is 2.49. The lowest BCUT2D eigenvalue weighted by Gasteiger charge is -2.38. The maximum atomic E-state index is 12.6. The Labute approximate surface area is 124 Å². The molecule has 2 saturated heterocycles. The molecule has 2 heterocycles. The molecule has 3 N–H and O–H groups in total. The maximum Gasteiger partial charge on any atom is 0.246 e. The molecule has 0 aliphatic carbocycles. The van der Waals surface area contributed by atoms with E-state index in [0.717, 1.165) is 6.42 Å². The van der Waals surface area contributed by atoms with Gasteiger partial charge in [-0.05, 0) is 31.6 Å². The highest BCUT2D eigenvalue weighted by atomic mass is 16.3. The topological polar surface area (TPSA) is 98.7 Å². The first-order valence-corrected chi connectivity index (χ1v) is 7.41. The van der Waals surface area contributed by atoms with Crippen molar-refractivity contribution < 1.29 is 19.5 Å². The molecule has 4 atom stereocenters. The van der Waals surface area contributed by atoms with Gasteiger partial charge in [0.15, 0.2) is 0 Å². The lowest BCUT2D eigenvalue weighted by atomic mass is 9.89. The van der Waals surface area contributed by atoms with Gasteiger partial charge < -0.3 is 20.6 Å². The van der Waals surface area contributed by atoms with Crippen molar-refractivity contribution >= 4 is 17.7 Å². The molecule has 0 radical (unpaired) electrons. The van der Waals surface area contributed by atoms with Crippen LogP contribution in [0.5, 0.6) is 0 Å². The molecule has 0 saturated carbocycles. The second-order valence-corrected chi connectivity index (χ2v) is 5.78. The fourth-order valence-electron chi connectivity index (χ4n) is 3.60. The fourth-order valence-corrected chi connectivity index (χ4v) is 3.60. The highest BCUT2D eigenvalue weighted by Crippen LogP contribution is 2.38. The van der Waals surface area contributed by atoms with Crippen LogP contribution in [0.2, 0.25) is 0 Å². The van der Waals surface area contributed by atoms with Gasteiger partial charge in [-0.2, -0.15) is 0 Å². The average Bonchev–Trinajstić information content (AvgIpc) is 2.81. The molecule has 0 unspecified atom stereocenters. The molecule has 21 heavy (non-hydrogen) atoms. The predicted molar refractivity (Wildman–Crippen MR) is 75.1 cm³/mol. The van der Waals surface area contributed by atoms with Crippen LogP contribution in [-0.4, -0.2) is 59.5 Å². The van der Waals surface area contributed by atoms with Gasteiger partial charge in [0.05, 0.1) is 0 Å². The Morgan fingerprint density at radius 2 is 2.10 bits per heavy atom. The van der Waals surface area contributed by atoms with Crippen molar-refractivity contribution in [3.05, 3.63) is 0 Å². The number of carbonyl (C=O) groups excluding carboxylic acids is 3. The number of piperidine rings is 1. The van der Waals surface area contributed by atoms with E-state index in [0.29, 0.717) is 19.3 Å². The zero-order valence-electron chi connectivity index (χ0n) is 12.5. The lowest BCUT2D eigenvalue weighted by molar-refractivity contribution is -0.146. The second kappa shape index (κ2) is 6.43. The number of hydrogen-bond donors (Lipinski definition) is 3. The van der Waals surface area contributed by atoms with E-state index in [1.807, 2.05) is 0 Å². The summed E-state index contributed by atoms with van der Waals surface area (Å²) in [7, 11) is 1.55. The molecule has 2 rings (SSSR count). The van der Waals surface area contributed by atoms with Gasteiger partial charge in [-0.25, -0.2) is 0 Å². The van der Waals surface area contributed by atoms with Gasteiger partial charge in [0.1, 0.15) is 12.1 Å². The lowest BCUT2D eigenvalue weighted by Crippen LogP contribution is -2.58. The molecular weight excluding hydrogens is 274 g/mol. The van der Waals surface area contributed by atoms with Crippen LogP contribution in [0, 0.1) is 5.92 Å². The minimum absolute atomic E-state index is 0.0167. The predicted octanol–water partition coefficient (Wildman–Crippen LogP) is -1.00. The Hall–Kier alpha value is -1.63. The normalized spacial score (nSPS) is 31.8. The fraction of sp³-hybridized carbons (Fsp3) is 0.786. The largest absolute Gasteiger partial charge is 0.396 e. The van der Waals surface area contributed by atoms with E-state index in [-0.39, 0.29) is 36.3 Å². The van der Waals surface area contributed by atoms with Crippen molar-refractivity contribution in [2.45, 2.75) is 50.7 Å². The molecule has 2 aliphatic rings. The summed E-state index contributed by atoms with van der Waals surface area (Å²) in [6, 6.07) is -1.06. The maximum absolute atomic E-state index is 12.6. The van der Waals surface area contributed by atoms with Crippen molar-refractivity contribution in [2.24, 2.45) is 5.92 Å². The van der Waals surface area contributed by atoms with Crippen LogP contribution in [0.4, 0.5) is 0 Å². The number of rotatable bonds is 4. The number of nitrogens with one attached hydrogen (secondary N) is 2. The van der Waals surface area contributed by atoms with E-state index in [2.05, 4.69) is 10.6 Å². The van der Waals surface area contributed by atoms with Crippen molar-refractivity contribution in [1.82, 2.24) is 15.5 Å². The Morgan fingerprint density at radius 1 is 1.38 bits per heavy atom. The SMILES string of the molecule is CNC(=O)[C@@H]1C[C@H](CCO)[C@H]2CC[C@H](NC(C)=O)C(=O)N21. The summed E-state index contributed by atoms with van der Waals surface area (Å²) < 4.78 is 0. The van der Waals surface area contributed by atoms with Crippen molar-refractivity contribution in [1.29, 1.82) is 0 Å². The molecule has 7 heteroatoms. The van der Waals surface area contributed by atoms with E-state index >= 15 is 0 Å². The molecule has 118 valence electrons. The molecule has 7 nitrogen and oxygen atoms in total. The van der Waals surface area contributed by atoms with Crippen molar-refractivity contribution in [3.8, 4) is 0 Å². The first-order chi connectivity index (χ1) is 9.99. The van der Waals surface area contributed by atoms with E-state index in [9.17, 15) is 19.5 Å². The number of carbonyl (C=O) groups is 3. The number of fused-ring (bicyclic) bond motifs is 1. The van der Waals surface area contributed by atoms with Gasteiger partial charge >= 0.3 is 0 Å². The van der Waals surface area contributed by atoms with Crippen LogP contribution in [0.25, 0.3) is 0 Å². The average molecular weight is 297 g/mol. The van der Waals surface area contributed by atoms with Gasteiger partial charge in [-0.15, -0.1) is 0 Å². The third-order valence-electron chi connectivity index (χ3n) is 4.49. The van der Waals surface area contributed by atoms with Crippen LogP contribution in [0.3, 0.4) is 0 Å². The second-order valence-electron chi connectivity index (χ2n) is 5.78. The van der Waals surface area contributed by atoms with E-state index < -0.39 is 12.1 Å². The molecular formula is C14H23N3O4. The van der Waals surface area contributed by atoms with Crippen LogP contribution < -0.4 is 10.6 Å². The summed E-state index contributed by atoms with van der Waals surface area (Å²) in [5.41, 5.74) is 0. The standard InChI is InChI=1S/C14H23N3O4/c1-8(19)16-10-3-4-11-9(5-6-18)7-12(13(20)15-2)17(11)14(10)21/h9-12,18H,3-7H2,1-2H3,(H,15,20)(H,16,19)/t9-,10-,11+,12-/m0/s1. The Bertz CT molecular complexity index is 440. The van der Waals surface area contributed by atoms with Gasteiger partial charge in [0, 0.05) is 26.6 Å². The minimum atomic E-state index is -0.543. The smallest absolute Gasteiger partial charge is 0.246 e. The Balaban J connectivity index is 2.20. The zero-order chi connectivity index (χ0) is 15.6. The minimum Gasteiger partial charge on any atom is -0.396 e. The van der Waals surface area contributed by atoms with E-state index in [1.165, 1.54) is 6.92 Å². The molecule has 2 fully saturated rings. The highest BCUT2D eigenvalue weighted by Gasteiger charge is 2.50. The molecule has 3 amide bonds. The summed E-state index contributed by atoms with van der Waals surface area (Å²) in [4.78, 5) is 37.5. The van der Waals surface area contributed by atoms with E-state index in [4.69, 9.17) is 0 Å². The molecule has 2 aliphatic heterocycles. The quantitative estimate of drug-likeness (QED) is 0.620. The number of aliphatic hydroxyl groups is 1. The van der Waals surface area contributed by atoms with Gasteiger partial charge in [-0.1, -0.05) is 0 Å². The summed E-state index contributed by atoms with van der Waals surface area (Å²) in [5, 5.41) is 14.4. The van der Waals surface area contributed by atoms with E-state index in [1.54, 1.807) is 11.9 Å². The van der Waals surface area contributed by atoms with Crippen LogP contribution in [-0.2, 0) is 14.4 Å². The number of aliphatic hydroxyl groups excluding tert-OH is 1. The summed E-state index contributed by atoms with van der Waals surface area (Å²) in [6.45, 7) is 1.44. The molecule has 0 aromatic carbocycles. The molecule has 0 spiro atoms. The zero-order valence-corrected chi connectivity index (χ0v) is 12.5. The highest BCUT2D eigenvalue weighted by molar-refractivity contribution is 5.93. The van der Waals surface area contributed by atoms with Gasteiger partial charge in [0.25, 0.3) is 0 Å². The first-order valence-electron chi connectivity index (χ1n) is 7.41. The number of amides is 3. The molecule has 0 bridgehead atoms. The monoisotopic (exact) mass is 297 g/mol. The Morgan fingerprint density at radius 3 is 2.67 bits per heavy atom. The molecule has 0 aromatic rings. The summed E-state index contributed by atoms with van der Waals surface area (Å²) in [5.74, 6) is -0.471. The number of hydrogen-bond acceptors (Lipinski definition) is 4. The number of nitrogens with zero attached hydrogens (tertiary/aromatic N) is 1.